The third-order valence-corrected chi connectivity index (χ3v) is 6.88. The minimum absolute atomic E-state index is 0.00789. The molecule has 246 valence electrons. The molecule has 0 aromatic carbocycles. The summed E-state index contributed by atoms with van der Waals surface area (Å²) in [4.78, 5) is 31.5. The van der Waals surface area contributed by atoms with E-state index in [0.29, 0.717) is 24.3 Å². The van der Waals surface area contributed by atoms with Crippen LogP contribution < -0.4 is 15.0 Å². The SMILES string of the molecule is C[C@H](NC(=O)OC(C)(C)C)C(F)CCOc1cc(N(C(=O)OC(C)(C)C)c2cc([C@H]3CC[C@@H](O)C3)nn2C(C)(C)C)ccn1. The van der Waals surface area contributed by atoms with Gasteiger partial charge in [0.2, 0.25) is 5.88 Å². The number of aromatic nitrogens is 3. The number of aliphatic hydroxyl groups is 1. The second-order valence-electron chi connectivity index (χ2n) is 14.4. The number of hydrogen-bond donors (Lipinski definition) is 2. The number of pyridine rings is 1. The van der Waals surface area contributed by atoms with Crippen molar-refractivity contribution in [3.8, 4) is 5.88 Å². The van der Waals surface area contributed by atoms with Gasteiger partial charge in [0.1, 0.15) is 23.2 Å². The van der Waals surface area contributed by atoms with E-state index in [1.807, 2.05) is 26.8 Å². The number of nitrogens with one attached hydrogen (secondary N) is 1. The smallest absolute Gasteiger partial charge is 0.420 e. The summed E-state index contributed by atoms with van der Waals surface area (Å²) in [5.41, 5.74) is -0.712. The number of anilines is 2. The van der Waals surface area contributed by atoms with E-state index in [9.17, 15) is 19.1 Å². The lowest BCUT2D eigenvalue weighted by molar-refractivity contribution is 0.0473. The van der Waals surface area contributed by atoms with Crippen molar-refractivity contribution in [1.29, 1.82) is 0 Å². The lowest BCUT2D eigenvalue weighted by atomic mass is 10.0. The lowest BCUT2D eigenvalue weighted by Crippen LogP contribution is -2.42. The number of alkyl carbamates (subject to hydrolysis) is 1. The molecule has 12 heteroatoms. The number of halogens is 1. The fourth-order valence-electron chi connectivity index (χ4n) is 4.83. The molecule has 1 aliphatic carbocycles. The first-order valence-electron chi connectivity index (χ1n) is 15.3. The van der Waals surface area contributed by atoms with Crippen molar-refractivity contribution in [3.63, 3.8) is 0 Å². The van der Waals surface area contributed by atoms with Gasteiger partial charge in [0.05, 0.1) is 35.7 Å². The number of nitrogens with zero attached hydrogens (tertiary/aromatic N) is 4. The zero-order valence-electron chi connectivity index (χ0n) is 27.8. The van der Waals surface area contributed by atoms with Crippen molar-refractivity contribution >= 4 is 23.7 Å². The Morgan fingerprint density at radius 3 is 2.32 bits per heavy atom. The molecule has 0 spiro atoms. The number of carbonyl (C=O) groups is 2. The summed E-state index contributed by atoms with van der Waals surface area (Å²) in [6.07, 6.45) is 0.571. The van der Waals surface area contributed by atoms with Crippen LogP contribution in [-0.4, -0.2) is 68.2 Å². The molecule has 0 saturated heterocycles. The normalized spacial score (nSPS) is 18.8. The van der Waals surface area contributed by atoms with Gasteiger partial charge >= 0.3 is 12.2 Å². The maximum absolute atomic E-state index is 14.8. The summed E-state index contributed by atoms with van der Waals surface area (Å²) in [5.74, 6) is 0.771. The molecular formula is C32H50FN5O6. The number of rotatable bonds is 9. The van der Waals surface area contributed by atoms with Crippen LogP contribution in [0.4, 0.5) is 25.5 Å². The van der Waals surface area contributed by atoms with Gasteiger partial charge < -0.3 is 24.6 Å². The van der Waals surface area contributed by atoms with Crippen molar-refractivity contribution in [1.82, 2.24) is 20.1 Å². The molecule has 0 radical (unpaired) electrons. The average molecular weight is 620 g/mol. The summed E-state index contributed by atoms with van der Waals surface area (Å²) in [7, 11) is 0. The van der Waals surface area contributed by atoms with E-state index < -0.39 is 41.1 Å². The largest absolute Gasteiger partial charge is 0.477 e. The van der Waals surface area contributed by atoms with E-state index in [1.54, 1.807) is 65.3 Å². The summed E-state index contributed by atoms with van der Waals surface area (Å²) in [5, 5.41) is 17.6. The third kappa shape index (κ3) is 10.1. The van der Waals surface area contributed by atoms with Gasteiger partial charge in [-0.1, -0.05) is 0 Å². The first-order valence-corrected chi connectivity index (χ1v) is 15.3. The molecule has 0 aliphatic heterocycles. The molecule has 44 heavy (non-hydrogen) atoms. The standard InChI is InChI=1S/C32H50FN5O6/c1-20(35-28(40)43-31(5,6)7)24(33)14-16-42-26-18-22(13-15-34-26)37(29(41)44-32(8,9)10)27-19-25(21-11-12-23(39)17-21)36-38(27)30(2,3)4/h13,15,18-21,23-24,39H,11-12,14,16-17H2,1-10H3,(H,35,40)/t20-,21-,23+,24?/m0/s1. The highest BCUT2D eigenvalue weighted by molar-refractivity contribution is 5.95. The maximum Gasteiger partial charge on any atom is 0.420 e. The number of hydrogen-bond acceptors (Lipinski definition) is 8. The molecule has 2 heterocycles. The van der Waals surface area contributed by atoms with Crippen LogP contribution >= 0.6 is 0 Å². The van der Waals surface area contributed by atoms with Crippen molar-refractivity contribution in [2.24, 2.45) is 0 Å². The second kappa shape index (κ2) is 13.7. The number of carbonyl (C=O) groups excluding carboxylic acids is 2. The first kappa shape index (κ1) is 35.1. The van der Waals surface area contributed by atoms with Crippen LogP contribution in [0.5, 0.6) is 5.88 Å². The van der Waals surface area contributed by atoms with Gasteiger partial charge in [0, 0.05) is 30.7 Å². The van der Waals surface area contributed by atoms with Gasteiger partial charge in [-0.3, -0.25) is 0 Å². The van der Waals surface area contributed by atoms with E-state index in [2.05, 4.69) is 10.3 Å². The minimum atomic E-state index is -1.39. The van der Waals surface area contributed by atoms with Crippen molar-refractivity contribution in [2.45, 2.75) is 136 Å². The topological polar surface area (TPSA) is 128 Å². The van der Waals surface area contributed by atoms with Crippen molar-refractivity contribution in [2.75, 3.05) is 11.5 Å². The Kier molecular flexibility index (Phi) is 10.9. The highest BCUT2D eigenvalue weighted by atomic mass is 19.1. The number of amides is 2. The van der Waals surface area contributed by atoms with Gasteiger partial charge in [-0.25, -0.2) is 28.5 Å². The molecule has 3 rings (SSSR count). The lowest BCUT2D eigenvalue weighted by Gasteiger charge is -2.30. The summed E-state index contributed by atoms with van der Waals surface area (Å²) < 4.78 is 33.4. The number of ether oxygens (including phenoxy) is 3. The zero-order valence-corrected chi connectivity index (χ0v) is 27.8. The highest BCUT2D eigenvalue weighted by Gasteiger charge is 2.34. The molecule has 1 aliphatic rings. The van der Waals surface area contributed by atoms with Crippen molar-refractivity contribution in [3.05, 3.63) is 30.1 Å². The van der Waals surface area contributed by atoms with E-state index in [-0.39, 0.29) is 30.9 Å². The van der Waals surface area contributed by atoms with E-state index in [0.717, 1.165) is 12.1 Å². The third-order valence-electron chi connectivity index (χ3n) is 6.88. The van der Waals surface area contributed by atoms with Crippen LogP contribution in [-0.2, 0) is 15.0 Å². The van der Waals surface area contributed by atoms with Crippen LogP contribution in [0, 0.1) is 0 Å². The van der Waals surface area contributed by atoms with Gasteiger partial charge in [-0.15, -0.1) is 0 Å². The molecule has 0 bridgehead atoms. The van der Waals surface area contributed by atoms with Crippen LogP contribution in [0.3, 0.4) is 0 Å². The molecule has 1 saturated carbocycles. The summed E-state index contributed by atoms with van der Waals surface area (Å²) in [6, 6.07) is 4.35. The Labute approximate surface area is 260 Å². The quantitative estimate of drug-likeness (QED) is 0.315. The fraction of sp³-hybridized carbons (Fsp3) is 0.688. The van der Waals surface area contributed by atoms with Gasteiger partial charge in [-0.2, -0.15) is 5.10 Å². The number of aliphatic hydroxyl groups excluding tert-OH is 1. The van der Waals surface area contributed by atoms with E-state index >= 15 is 0 Å². The summed E-state index contributed by atoms with van der Waals surface area (Å²) >= 11 is 0. The predicted octanol–water partition coefficient (Wildman–Crippen LogP) is 6.75. The van der Waals surface area contributed by atoms with Gasteiger partial charge in [-0.05, 0) is 94.6 Å². The summed E-state index contributed by atoms with van der Waals surface area (Å²) in [6.45, 7) is 18.1. The first-order chi connectivity index (χ1) is 20.2. The Hall–Kier alpha value is -3.41. The Balaban J connectivity index is 1.84. The second-order valence-corrected chi connectivity index (χ2v) is 14.4. The monoisotopic (exact) mass is 619 g/mol. The highest BCUT2D eigenvalue weighted by Crippen LogP contribution is 2.39. The minimum Gasteiger partial charge on any atom is -0.477 e. The van der Waals surface area contributed by atoms with Crippen LogP contribution in [0.2, 0.25) is 0 Å². The molecule has 11 nitrogen and oxygen atoms in total. The molecule has 1 unspecified atom stereocenters. The van der Waals surface area contributed by atoms with Crippen LogP contribution in [0.25, 0.3) is 0 Å². The number of alkyl halides is 1. The zero-order chi connectivity index (χ0) is 33.0. The molecule has 2 N–H and O–H groups in total. The van der Waals surface area contributed by atoms with Gasteiger partial charge in [0.15, 0.2) is 0 Å². The predicted molar refractivity (Wildman–Crippen MR) is 166 cm³/mol. The molecule has 1 fully saturated rings. The Morgan fingerprint density at radius 2 is 1.75 bits per heavy atom. The molecule has 4 atom stereocenters. The van der Waals surface area contributed by atoms with Crippen molar-refractivity contribution < 1.29 is 33.3 Å². The maximum atomic E-state index is 14.8. The fourth-order valence-corrected chi connectivity index (χ4v) is 4.83. The van der Waals surface area contributed by atoms with E-state index in [1.165, 1.54) is 11.1 Å². The Morgan fingerprint density at radius 1 is 1.09 bits per heavy atom. The molecular weight excluding hydrogens is 569 g/mol. The molecule has 2 aromatic rings. The molecule has 2 amide bonds. The Bertz CT molecular complexity index is 1280. The average Bonchev–Trinajstić information content (AvgIpc) is 3.48. The van der Waals surface area contributed by atoms with Gasteiger partial charge in [0.25, 0.3) is 0 Å². The van der Waals surface area contributed by atoms with Crippen LogP contribution in [0.15, 0.2) is 24.4 Å². The van der Waals surface area contributed by atoms with E-state index in [4.69, 9.17) is 19.3 Å². The molecule has 2 aromatic heterocycles. The van der Waals surface area contributed by atoms with Crippen LogP contribution in [0.1, 0.15) is 107 Å².